The van der Waals surface area contributed by atoms with Gasteiger partial charge in [0.1, 0.15) is 0 Å². The Kier molecular flexibility index (Phi) is 46.9. The first kappa shape index (κ1) is 118. The molecule has 0 aromatic heterocycles. The Morgan fingerprint density at radius 2 is 0.573 bits per heavy atom. The first-order valence-corrected chi connectivity index (χ1v) is 67.7. The summed E-state index contributed by atoms with van der Waals surface area (Å²) in [5.41, 5.74) is 21.6. The van der Waals surface area contributed by atoms with Gasteiger partial charge in [0.2, 0.25) is 0 Å². The van der Waals surface area contributed by atoms with Crippen molar-refractivity contribution < 1.29 is 73.0 Å². The number of hydrogen-bond acceptors (Lipinski definition) is 8. The topological polar surface area (TPSA) is 49.9 Å². The number of benzene rings is 8. The van der Waals surface area contributed by atoms with Gasteiger partial charge in [-0.2, -0.15) is 0 Å². The molecular formula is C111H158Cl8N4O4Ru4-4. The van der Waals surface area contributed by atoms with E-state index in [1.165, 1.54) is 87.4 Å². The molecule has 8 aromatic rings. The molecule has 0 aliphatic carbocycles. The number of nitrogens with zero attached hydrogens (tertiary/aromatic N) is 4. The molecule has 0 unspecified atom stereocenters. The Morgan fingerprint density at radius 1 is 0.321 bits per heavy atom. The van der Waals surface area contributed by atoms with E-state index in [-0.39, 0.29) is 73.6 Å². The molecule has 0 bridgehead atoms. The number of rotatable bonds is 19. The van der Waals surface area contributed by atoms with Crippen molar-refractivity contribution in [1.29, 1.82) is 0 Å². The number of para-hydroxylation sites is 8. The zero-order valence-corrected chi connectivity index (χ0v) is 98.2. The van der Waals surface area contributed by atoms with Gasteiger partial charge in [-0.3, -0.25) is 0 Å². The van der Waals surface area contributed by atoms with Gasteiger partial charge in [-0.05, 0) is 145 Å². The van der Waals surface area contributed by atoms with Crippen LogP contribution in [0.5, 0.6) is 23.0 Å². The first-order chi connectivity index (χ1) is 60.4. The monoisotopic (exact) mass is 2300 g/mol. The Balaban J connectivity index is 0.000000266. The molecule has 738 valence electrons. The van der Waals surface area contributed by atoms with Crippen molar-refractivity contribution in [2.24, 2.45) is 21.7 Å². The summed E-state index contributed by atoms with van der Waals surface area (Å²) in [6.07, 6.45) is 6.55. The predicted octanol–water partition coefficient (Wildman–Crippen LogP) is 34.7. The van der Waals surface area contributed by atoms with Crippen molar-refractivity contribution >= 4 is 119 Å². The van der Waals surface area contributed by atoms with Gasteiger partial charge >= 0.3 is 391 Å². The second-order valence-electron chi connectivity index (χ2n) is 42.5. The van der Waals surface area contributed by atoms with Crippen molar-refractivity contribution in [1.82, 2.24) is 0 Å². The van der Waals surface area contributed by atoms with Gasteiger partial charge in [-0.15, -0.1) is 21.7 Å². The third-order valence-electron chi connectivity index (χ3n) is 22.1. The molecule has 0 atom stereocenters. The van der Waals surface area contributed by atoms with E-state index in [2.05, 4.69) is 312 Å². The van der Waals surface area contributed by atoms with Gasteiger partial charge in [0, 0.05) is 44.9 Å². The van der Waals surface area contributed by atoms with Gasteiger partial charge in [0.25, 0.3) is 0 Å². The molecule has 12 rings (SSSR count). The predicted molar refractivity (Wildman–Crippen MR) is 570 cm³/mol. The molecule has 0 spiro atoms. The van der Waals surface area contributed by atoms with E-state index in [9.17, 15) is 0 Å². The van der Waals surface area contributed by atoms with Crippen molar-refractivity contribution in [2.45, 2.75) is 338 Å². The summed E-state index contributed by atoms with van der Waals surface area (Å²) in [5, 5.41) is 0. The second kappa shape index (κ2) is 52.1. The van der Waals surface area contributed by atoms with Gasteiger partial charge in [-0.25, -0.2) is 26.2 Å². The molecule has 131 heavy (non-hydrogen) atoms. The summed E-state index contributed by atoms with van der Waals surface area (Å²) in [6, 6.07) is 60.0. The number of hydrogen-bond donors (Lipinski definition) is 0. The molecule has 8 aromatic carbocycles. The van der Waals surface area contributed by atoms with Crippen LogP contribution in [0, 0.1) is 68.6 Å². The SMILES string of the molecule is CC(C)Oc1ccccc1[CH]=[Ru]([Cl])[Cl].CC(C)Oc1ccccc1[CH]=[Ru]([Cl])[Cl].CC(C)Oc1ccccc1[CH]=[Ru]([Cl])[Cl].CC(C)Oc1ccccc1[CH]=[Ru]([Cl])[Cl].CC(C)c1ccccc1N1[CH-]C(C)(C)CC1(C)C.CCc1cccc(C)c1N1[CH-]C(C)(C)CC1(C)C.Cc1cccc(C(C)(C)C)c1N1[CH-]C(C)(C)CC1(C)C.Cc1cccc(C(C)C)c1N1[CH-]C(C)(C)CC1(C)C. The van der Waals surface area contributed by atoms with Gasteiger partial charge in [-0.1, -0.05) is 209 Å². The molecule has 20 heteroatoms. The average Bonchev–Trinajstić information content (AvgIpc) is 1.62. The summed E-state index contributed by atoms with van der Waals surface area (Å²) < 4.78 is 30.1. The molecule has 0 saturated carbocycles. The minimum absolute atomic E-state index is 0.163. The maximum atomic E-state index is 5.82. The average molecular weight is 2300 g/mol. The smallest absolute Gasteiger partial charge is 0.0142 e. The standard InChI is InChI=1S/C19H30N.C18H28N.2C17H26N.4C10H12O.8ClH.4Ru/c1-14-10-9-11-15(17(2,3)4)16(14)20-13-18(5,6)12-19(20,7)8;1-13(2)15-10-8-9-14(3)16(15)19-12-17(4,5)11-18(19,6)7;1-13(2)14-9-7-8-10-15(14)18-12-16(3,4)11-17(18,5)6;1-7-14-10-8-9-13(2)15(14)18-12-16(3,4)11-17(18,5)6;4*1-8(2)11-10-7-5-4-6-9(10)3;;;;;;;;;;;;/h9-11,13H,12H2,1-8H3;8-10,12-13H,11H2,1-7H3;7-10,12-13H,11H2,1-6H3;8-10,12H,7,11H2,1-6H3;4*3-8H,1-2H3;8*1H;;;;/q4*-1;;;;;;;;;;;;;4*+2/p-8. The number of ether oxygens (including phenoxy) is 4. The number of halogens is 8. The fourth-order valence-corrected chi connectivity index (χ4v) is 25.4. The first-order valence-electron chi connectivity index (χ1n) is 45.8. The third kappa shape index (κ3) is 38.5. The van der Waals surface area contributed by atoms with Crippen LogP contribution in [-0.2, 0) is 65.9 Å². The van der Waals surface area contributed by atoms with E-state index in [1.54, 1.807) is 0 Å². The van der Waals surface area contributed by atoms with Crippen LogP contribution in [-0.4, -0.2) is 65.0 Å². The Bertz CT molecular complexity index is 4790. The van der Waals surface area contributed by atoms with Crippen molar-refractivity contribution in [3.05, 3.63) is 263 Å². The second-order valence-corrected chi connectivity index (χ2v) is 65.4. The zero-order chi connectivity index (χ0) is 99.1. The summed E-state index contributed by atoms with van der Waals surface area (Å²) in [4.78, 5) is 10.1. The van der Waals surface area contributed by atoms with E-state index in [1.807, 2.05) is 171 Å². The fraction of sp³-hybridized carbons (Fsp3) is 0.495. The molecule has 4 fully saturated rings. The number of anilines is 4. The van der Waals surface area contributed by atoms with E-state index >= 15 is 0 Å². The molecule has 8 nitrogen and oxygen atoms in total. The van der Waals surface area contributed by atoms with Crippen LogP contribution < -0.4 is 38.5 Å². The Morgan fingerprint density at radius 3 is 0.855 bits per heavy atom. The van der Waals surface area contributed by atoms with Crippen molar-refractivity contribution in [3.63, 3.8) is 0 Å². The van der Waals surface area contributed by atoms with Crippen LogP contribution >= 0.6 is 77.5 Å². The van der Waals surface area contributed by atoms with Crippen LogP contribution in [0.15, 0.2) is 176 Å². The normalized spacial score (nSPS) is 17.1. The van der Waals surface area contributed by atoms with Crippen molar-refractivity contribution in [2.75, 3.05) is 19.6 Å². The summed E-state index contributed by atoms with van der Waals surface area (Å²) in [5.74, 6) is 4.52. The molecule has 0 N–H and O–H groups in total. The van der Waals surface area contributed by atoms with Crippen LogP contribution in [0.2, 0.25) is 0 Å². The molecule has 4 heterocycles. The third-order valence-corrected chi connectivity index (χ3v) is 29.5. The molecule has 4 saturated heterocycles. The minimum atomic E-state index is -1.77. The van der Waals surface area contributed by atoms with Crippen LogP contribution in [0.1, 0.15) is 320 Å². The van der Waals surface area contributed by atoms with E-state index in [0.29, 0.717) is 11.8 Å². The Hall–Kier alpha value is -3.55. The van der Waals surface area contributed by atoms with Crippen LogP contribution in [0.25, 0.3) is 0 Å². The van der Waals surface area contributed by atoms with E-state index in [0.717, 1.165) is 51.7 Å². The van der Waals surface area contributed by atoms with E-state index in [4.69, 9.17) is 96.5 Å². The van der Waals surface area contributed by atoms with Crippen LogP contribution in [0.3, 0.4) is 0 Å². The van der Waals surface area contributed by atoms with Gasteiger partial charge in [0.15, 0.2) is 0 Å². The Labute approximate surface area is 848 Å². The fourth-order valence-electron chi connectivity index (χ4n) is 18.2. The molecule has 4 aliphatic rings. The summed E-state index contributed by atoms with van der Waals surface area (Å²) in [6.45, 7) is 88.1. The molecule has 0 radical (unpaired) electrons. The minimum Gasteiger partial charge on any atom is -0.517 e. The van der Waals surface area contributed by atoms with Crippen molar-refractivity contribution in [3.8, 4) is 23.0 Å². The number of aryl methyl sites for hydroxylation is 4. The quantitative estimate of drug-likeness (QED) is 0.0586. The molecule has 4 aliphatic heterocycles. The molecular weight excluding hydrogens is 2140 g/mol. The maximum Gasteiger partial charge on any atom is 0.0142 e. The van der Waals surface area contributed by atoms with Gasteiger partial charge < -0.3 is 19.6 Å². The van der Waals surface area contributed by atoms with E-state index < -0.39 is 54.1 Å². The zero-order valence-electron chi connectivity index (χ0n) is 85.2. The van der Waals surface area contributed by atoms with Gasteiger partial charge in [0.05, 0.1) is 0 Å². The molecule has 0 amide bonds. The summed E-state index contributed by atoms with van der Waals surface area (Å²) in [7, 11) is 46.5. The summed E-state index contributed by atoms with van der Waals surface area (Å²) >= 11 is -7.08. The van der Waals surface area contributed by atoms with Crippen LogP contribution in [0.4, 0.5) is 22.7 Å². The largest absolute Gasteiger partial charge is 0.517 e. The maximum absolute atomic E-state index is 5.82.